The number of hydrogen-bond donors (Lipinski definition) is 0. The summed E-state index contributed by atoms with van der Waals surface area (Å²) in [5.41, 5.74) is 0. The second-order valence-corrected chi connectivity index (χ2v) is 2.50. The summed E-state index contributed by atoms with van der Waals surface area (Å²) in [6, 6.07) is 0. The first kappa shape index (κ1) is 7.27. The zero-order valence-corrected chi connectivity index (χ0v) is 7.08. The van der Waals surface area contributed by atoms with E-state index >= 15 is 0 Å². The molecular formula is C4H7O2Sn+3. The summed E-state index contributed by atoms with van der Waals surface area (Å²) in [6.07, 6.45) is 0.578. The minimum atomic E-state index is -0.100. The average molecular weight is 206 g/mol. The first-order chi connectivity index (χ1) is 3.31. The maximum absolute atomic E-state index is 10.2. The van der Waals surface area contributed by atoms with Crippen molar-refractivity contribution in [2.45, 2.75) is 10.9 Å². The van der Waals surface area contributed by atoms with Gasteiger partial charge in [0.15, 0.2) is 0 Å². The molecule has 0 unspecified atom stereocenters. The molecule has 0 saturated carbocycles. The molecule has 7 heavy (non-hydrogen) atoms. The first-order valence-electron chi connectivity index (χ1n) is 2.02. The molecule has 3 heteroatoms. The van der Waals surface area contributed by atoms with Gasteiger partial charge in [0, 0.05) is 0 Å². The van der Waals surface area contributed by atoms with Crippen LogP contribution in [0.25, 0.3) is 0 Å². The third-order valence-corrected chi connectivity index (χ3v) is 1.27. The first-order valence-corrected chi connectivity index (χ1v) is 4.04. The topological polar surface area (TPSA) is 26.3 Å². The predicted molar refractivity (Wildman–Crippen MR) is 27.2 cm³/mol. The predicted octanol–water partition coefficient (Wildman–Crippen LogP) is 0.136. The summed E-state index contributed by atoms with van der Waals surface area (Å²) in [6.45, 7) is 0. The molecule has 0 saturated heterocycles. The molecule has 0 aromatic rings. The van der Waals surface area contributed by atoms with Crippen LogP contribution in [0, 0.1) is 0 Å². The Morgan fingerprint density at radius 1 is 1.86 bits per heavy atom. The van der Waals surface area contributed by atoms with E-state index in [-0.39, 0.29) is 5.97 Å². The van der Waals surface area contributed by atoms with Gasteiger partial charge in [-0.3, -0.25) is 0 Å². The molecule has 0 radical (unpaired) electrons. The number of carbonyl (C=O) groups excluding carboxylic acids is 1. The molecule has 0 aliphatic rings. The fraction of sp³-hybridized carbons (Fsp3) is 0.750. The standard InChI is InChI=1S/C4H7O2.Sn/c1-3-4(5)6-2;/h1,3H2,2H3;/q;+3. The van der Waals surface area contributed by atoms with Crippen molar-refractivity contribution in [3.8, 4) is 0 Å². The monoisotopic (exact) mass is 207 g/mol. The fourth-order valence-corrected chi connectivity index (χ4v) is 0.787. The molecule has 0 fully saturated rings. The summed E-state index contributed by atoms with van der Waals surface area (Å²) in [5, 5.41) is 0. The van der Waals surface area contributed by atoms with Crippen LogP contribution in [0.5, 0.6) is 0 Å². The Labute approximate surface area is 56.3 Å². The van der Waals surface area contributed by atoms with Crippen molar-refractivity contribution in [2.24, 2.45) is 0 Å². The van der Waals surface area contributed by atoms with Gasteiger partial charge in [0.25, 0.3) is 0 Å². The number of esters is 1. The molecule has 0 spiro atoms. The molecule has 2 nitrogen and oxygen atoms in total. The van der Waals surface area contributed by atoms with E-state index in [4.69, 9.17) is 0 Å². The molecule has 0 atom stereocenters. The van der Waals surface area contributed by atoms with E-state index < -0.39 is 0 Å². The summed E-state index contributed by atoms with van der Waals surface area (Å²) >= 11 is 1.39. The van der Waals surface area contributed by atoms with E-state index in [0.717, 1.165) is 4.44 Å². The van der Waals surface area contributed by atoms with Crippen LogP contribution in [-0.2, 0) is 9.53 Å². The SMILES string of the molecule is COC(=O)C[CH2][Sn+3]. The molecule has 0 aromatic carbocycles. The van der Waals surface area contributed by atoms with Gasteiger partial charge in [-0.15, -0.1) is 0 Å². The van der Waals surface area contributed by atoms with Crippen molar-refractivity contribution in [3.05, 3.63) is 0 Å². The Hall–Kier alpha value is 0.269. The van der Waals surface area contributed by atoms with Crippen molar-refractivity contribution < 1.29 is 9.53 Å². The zero-order valence-electron chi connectivity index (χ0n) is 4.23. The number of carbonyl (C=O) groups is 1. The molecule has 0 heterocycles. The summed E-state index contributed by atoms with van der Waals surface area (Å²) in [5.74, 6) is -0.100. The van der Waals surface area contributed by atoms with Gasteiger partial charge in [-0.05, 0) is 0 Å². The van der Waals surface area contributed by atoms with Gasteiger partial charge in [0.2, 0.25) is 0 Å². The van der Waals surface area contributed by atoms with E-state index in [2.05, 4.69) is 4.74 Å². The summed E-state index contributed by atoms with van der Waals surface area (Å²) in [7, 11) is 1.41. The molecule has 0 aliphatic heterocycles. The van der Waals surface area contributed by atoms with Crippen molar-refractivity contribution in [3.63, 3.8) is 0 Å². The van der Waals surface area contributed by atoms with Crippen molar-refractivity contribution in [2.75, 3.05) is 7.11 Å². The summed E-state index contributed by atoms with van der Waals surface area (Å²) in [4.78, 5) is 10.2. The molecule has 0 bridgehead atoms. The Morgan fingerprint density at radius 3 is 2.57 bits per heavy atom. The fourth-order valence-electron chi connectivity index (χ4n) is 0.204. The second-order valence-electron chi connectivity index (χ2n) is 1.08. The van der Waals surface area contributed by atoms with E-state index in [9.17, 15) is 4.79 Å². The van der Waals surface area contributed by atoms with Gasteiger partial charge < -0.3 is 0 Å². The maximum atomic E-state index is 10.2. The van der Waals surface area contributed by atoms with Crippen molar-refractivity contribution >= 4 is 28.5 Å². The Balaban J connectivity index is 3.00. The molecular weight excluding hydrogens is 199 g/mol. The van der Waals surface area contributed by atoms with Gasteiger partial charge in [0.05, 0.1) is 0 Å². The van der Waals surface area contributed by atoms with Crippen LogP contribution in [0.15, 0.2) is 0 Å². The van der Waals surface area contributed by atoms with E-state index in [1.54, 1.807) is 0 Å². The zero-order chi connectivity index (χ0) is 5.70. The number of ether oxygens (including phenoxy) is 1. The van der Waals surface area contributed by atoms with Crippen LogP contribution < -0.4 is 0 Å². The van der Waals surface area contributed by atoms with E-state index in [1.165, 1.54) is 29.6 Å². The number of hydrogen-bond acceptors (Lipinski definition) is 2. The minimum absolute atomic E-state index is 0.100. The van der Waals surface area contributed by atoms with Crippen LogP contribution in [0.3, 0.4) is 0 Å². The molecule has 0 amide bonds. The number of methoxy groups -OCH3 is 1. The van der Waals surface area contributed by atoms with Crippen molar-refractivity contribution in [1.82, 2.24) is 0 Å². The molecule has 0 rings (SSSR count). The van der Waals surface area contributed by atoms with Gasteiger partial charge >= 0.3 is 56.0 Å². The van der Waals surface area contributed by atoms with Crippen LogP contribution in [-0.4, -0.2) is 35.6 Å². The molecule has 36 valence electrons. The van der Waals surface area contributed by atoms with Crippen LogP contribution in [0.4, 0.5) is 0 Å². The van der Waals surface area contributed by atoms with Crippen LogP contribution >= 0.6 is 0 Å². The Bertz CT molecular complexity index is 62.7. The second kappa shape index (κ2) is 4.43. The van der Waals surface area contributed by atoms with Gasteiger partial charge in [-0.1, -0.05) is 0 Å². The van der Waals surface area contributed by atoms with Gasteiger partial charge in [-0.25, -0.2) is 0 Å². The third-order valence-electron chi connectivity index (χ3n) is 0.557. The Kier molecular flexibility index (Phi) is 4.60. The van der Waals surface area contributed by atoms with Crippen LogP contribution in [0.2, 0.25) is 4.44 Å². The van der Waals surface area contributed by atoms with E-state index in [1.807, 2.05) is 0 Å². The van der Waals surface area contributed by atoms with Gasteiger partial charge in [-0.2, -0.15) is 0 Å². The van der Waals surface area contributed by atoms with E-state index in [0.29, 0.717) is 6.42 Å². The normalized spacial score (nSPS) is 8.43. The van der Waals surface area contributed by atoms with Gasteiger partial charge in [0.1, 0.15) is 0 Å². The van der Waals surface area contributed by atoms with Crippen molar-refractivity contribution in [1.29, 1.82) is 0 Å². The molecule has 0 aromatic heterocycles. The number of rotatable bonds is 2. The third kappa shape index (κ3) is 4.11. The Morgan fingerprint density at radius 2 is 2.43 bits per heavy atom. The molecule has 0 aliphatic carbocycles. The van der Waals surface area contributed by atoms with Crippen LogP contribution in [0.1, 0.15) is 6.42 Å². The molecule has 0 N–H and O–H groups in total. The quantitative estimate of drug-likeness (QED) is 0.474. The summed E-state index contributed by atoms with van der Waals surface area (Å²) < 4.78 is 5.32. The average Bonchev–Trinajstić information content (AvgIpc) is 1.68.